The molecule has 9 nitrogen and oxygen atoms in total. The molecule has 0 aromatic heterocycles. The van der Waals surface area contributed by atoms with E-state index in [1.807, 2.05) is 4.90 Å². The maximum atomic E-state index is 14.1. The smallest absolute Gasteiger partial charge is 0.226 e. The summed E-state index contributed by atoms with van der Waals surface area (Å²) in [5, 5.41) is 9.89. The van der Waals surface area contributed by atoms with Crippen LogP contribution in [0.1, 0.15) is 82.0 Å². The fourth-order valence-electron chi connectivity index (χ4n) is 7.11. The fourth-order valence-corrected chi connectivity index (χ4v) is 8.73. The Bertz CT molecular complexity index is 1130. The number of benzene rings is 1. The van der Waals surface area contributed by atoms with Gasteiger partial charge in [0, 0.05) is 44.1 Å². The van der Waals surface area contributed by atoms with E-state index in [4.69, 9.17) is 4.74 Å². The van der Waals surface area contributed by atoms with E-state index in [0.717, 1.165) is 19.3 Å². The summed E-state index contributed by atoms with van der Waals surface area (Å²) in [4.78, 5) is 16.1. The molecule has 7 atom stereocenters. The van der Waals surface area contributed by atoms with E-state index in [2.05, 4.69) is 73.5 Å². The molecule has 6 bridgehead atoms. The molecular formula is C29H47N5O4S. The lowest BCUT2D eigenvalue weighted by atomic mass is 9.85. The van der Waals surface area contributed by atoms with Crippen molar-refractivity contribution in [2.24, 2.45) is 11.3 Å². The van der Waals surface area contributed by atoms with E-state index >= 15 is 0 Å². The molecule has 4 fully saturated rings. The minimum Gasteiger partial charge on any atom is -0.357 e. The van der Waals surface area contributed by atoms with Crippen LogP contribution in [-0.4, -0.2) is 68.8 Å². The van der Waals surface area contributed by atoms with E-state index in [-0.39, 0.29) is 41.7 Å². The topological polar surface area (TPSA) is 112 Å². The van der Waals surface area contributed by atoms with Crippen LogP contribution < -0.4 is 20.7 Å². The minimum atomic E-state index is -3.68. The summed E-state index contributed by atoms with van der Waals surface area (Å²) in [5.41, 5.74) is 3.57. The Hall–Kier alpha value is -1.56. The molecular weight excluding hydrogens is 514 g/mol. The number of hydrogen-bond donors (Lipinski definition) is 4. The van der Waals surface area contributed by atoms with Crippen LogP contribution in [0.4, 0.5) is 0 Å². The van der Waals surface area contributed by atoms with Gasteiger partial charge in [-0.2, -0.15) is 4.72 Å². The number of aryl methyl sites for hydroxylation is 2. The average molecular weight is 562 g/mol. The van der Waals surface area contributed by atoms with E-state index in [1.54, 1.807) is 0 Å². The van der Waals surface area contributed by atoms with Crippen molar-refractivity contribution in [1.82, 2.24) is 25.6 Å². The molecule has 0 spiro atoms. The van der Waals surface area contributed by atoms with Gasteiger partial charge in [-0.15, -0.1) is 0 Å². The highest BCUT2D eigenvalue weighted by atomic mass is 32.2. The number of amides is 1. The monoisotopic (exact) mass is 561 g/mol. The van der Waals surface area contributed by atoms with Gasteiger partial charge in [0.25, 0.3) is 0 Å². The number of hydrogen-bond acceptors (Lipinski definition) is 7. The first-order chi connectivity index (χ1) is 18.4. The first-order valence-electron chi connectivity index (χ1n) is 14.7. The zero-order chi connectivity index (χ0) is 27.9. The van der Waals surface area contributed by atoms with Gasteiger partial charge in [0.2, 0.25) is 15.9 Å². The maximum Gasteiger partial charge on any atom is 0.226 e. The highest BCUT2D eigenvalue weighted by molar-refractivity contribution is 7.90. The minimum absolute atomic E-state index is 0.0439. The van der Waals surface area contributed by atoms with Crippen LogP contribution in [0.15, 0.2) is 18.2 Å². The quantitative estimate of drug-likeness (QED) is 0.439. The van der Waals surface area contributed by atoms with E-state index in [9.17, 15) is 13.2 Å². The van der Waals surface area contributed by atoms with E-state index in [0.29, 0.717) is 38.9 Å². The lowest BCUT2D eigenvalue weighted by molar-refractivity contribution is -0.142. The summed E-state index contributed by atoms with van der Waals surface area (Å²) in [7, 11) is -3.68. The second-order valence-corrected chi connectivity index (χ2v) is 15.3. The van der Waals surface area contributed by atoms with Crippen molar-refractivity contribution in [3.63, 3.8) is 0 Å². The van der Waals surface area contributed by atoms with Gasteiger partial charge in [-0.25, -0.2) is 8.42 Å². The van der Waals surface area contributed by atoms with E-state index in [1.165, 1.54) is 16.7 Å². The summed E-state index contributed by atoms with van der Waals surface area (Å²) in [6.45, 7) is 12.7. The maximum absolute atomic E-state index is 14.1. The molecule has 1 aromatic carbocycles. The molecule has 1 aliphatic carbocycles. The lowest BCUT2D eigenvalue weighted by Gasteiger charge is -2.40. The third-order valence-corrected chi connectivity index (χ3v) is 10.7. The van der Waals surface area contributed by atoms with Crippen molar-refractivity contribution in [1.29, 1.82) is 0 Å². The van der Waals surface area contributed by atoms with Crippen LogP contribution in [0.2, 0.25) is 0 Å². The van der Waals surface area contributed by atoms with E-state index < -0.39 is 21.6 Å². The first kappa shape index (κ1) is 29.0. The molecule has 10 heteroatoms. The molecule has 3 aliphatic heterocycles. The van der Waals surface area contributed by atoms with Gasteiger partial charge in [0.15, 0.2) is 0 Å². The Morgan fingerprint density at radius 1 is 1.05 bits per heavy atom. The number of fused-ring (bicyclic) bond motifs is 6. The van der Waals surface area contributed by atoms with Gasteiger partial charge in [-0.3, -0.25) is 15.4 Å². The van der Waals surface area contributed by atoms with Crippen LogP contribution in [0.5, 0.6) is 0 Å². The Morgan fingerprint density at radius 3 is 2.51 bits per heavy atom. The number of carbonyl (C=O) groups excluding carboxylic acids is 1. The second kappa shape index (κ2) is 11.4. The average Bonchev–Trinajstić information content (AvgIpc) is 3.03. The van der Waals surface area contributed by atoms with Gasteiger partial charge in [0.1, 0.15) is 12.5 Å². The molecule has 5 rings (SSSR count). The number of rotatable bonds is 2. The molecule has 218 valence electrons. The Labute approximate surface area is 234 Å². The van der Waals surface area contributed by atoms with Gasteiger partial charge in [-0.1, -0.05) is 45.4 Å². The Balaban J connectivity index is 1.50. The Morgan fingerprint density at radius 2 is 1.79 bits per heavy atom. The van der Waals surface area contributed by atoms with Crippen molar-refractivity contribution in [3.05, 3.63) is 34.9 Å². The molecule has 1 amide bonds. The van der Waals surface area contributed by atoms with Crippen molar-refractivity contribution in [2.45, 2.75) is 109 Å². The SMILES string of the molecule is Cc1cccc(C)c1C1CC2NC(N1)NS(=O)(=O)C1CCCC(C1)C(=O)N1C[C@H](CNC[C@@H]1CC(C)(C)C)O2. The van der Waals surface area contributed by atoms with Crippen molar-refractivity contribution in [2.75, 3.05) is 19.6 Å². The van der Waals surface area contributed by atoms with Gasteiger partial charge < -0.3 is 15.0 Å². The van der Waals surface area contributed by atoms with Gasteiger partial charge in [0.05, 0.1) is 11.4 Å². The molecule has 1 saturated carbocycles. The van der Waals surface area contributed by atoms with Crippen LogP contribution >= 0.6 is 0 Å². The fraction of sp³-hybridized carbons (Fsp3) is 0.759. The number of sulfonamides is 1. The predicted molar refractivity (Wildman–Crippen MR) is 152 cm³/mol. The zero-order valence-electron chi connectivity index (χ0n) is 24.1. The number of nitrogens with zero attached hydrogens (tertiary/aromatic N) is 1. The van der Waals surface area contributed by atoms with Gasteiger partial charge in [-0.05, 0) is 61.6 Å². The largest absolute Gasteiger partial charge is 0.357 e. The highest BCUT2D eigenvalue weighted by Gasteiger charge is 2.43. The van der Waals surface area contributed by atoms with Crippen molar-refractivity contribution in [3.8, 4) is 0 Å². The van der Waals surface area contributed by atoms with Crippen LogP contribution in [-0.2, 0) is 19.6 Å². The highest BCUT2D eigenvalue weighted by Crippen LogP contribution is 2.34. The van der Waals surface area contributed by atoms with Crippen molar-refractivity contribution < 1.29 is 17.9 Å². The Kier molecular flexibility index (Phi) is 8.44. The second-order valence-electron chi connectivity index (χ2n) is 13.3. The summed E-state index contributed by atoms with van der Waals surface area (Å²) in [6.07, 6.45) is 2.67. The molecule has 0 radical (unpaired) electrons. The van der Waals surface area contributed by atoms with Crippen LogP contribution in [0, 0.1) is 25.2 Å². The molecule has 1 aromatic rings. The molecule has 4 N–H and O–H groups in total. The third-order valence-electron chi connectivity index (χ3n) is 8.84. The molecule has 5 unspecified atom stereocenters. The summed E-state index contributed by atoms with van der Waals surface area (Å²) < 4.78 is 36.9. The number of nitrogens with one attached hydrogen (secondary N) is 4. The van der Waals surface area contributed by atoms with Gasteiger partial charge >= 0.3 is 0 Å². The normalized spacial score (nSPS) is 35.8. The predicted octanol–water partition coefficient (Wildman–Crippen LogP) is 2.65. The summed E-state index contributed by atoms with van der Waals surface area (Å²) >= 11 is 0. The van der Waals surface area contributed by atoms with Crippen LogP contribution in [0.25, 0.3) is 0 Å². The molecule has 3 saturated heterocycles. The summed E-state index contributed by atoms with van der Waals surface area (Å²) in [6, 6.07) is 6.21. The number of carbonyl (C=O) groups is 1. The van der Waals surface area contributed by atoms with Crippen molar-refractivity contribution >= 4 is 15.9 Å². The lowest BCUT2D eigenvalue weighted by Crippen LogP contribution is -2.64. The van der Waals surface area contributed by atoms with Crippen LogP contribution in [0.3, 0.4) is 0 Å². The summed E-state index contributed by atoms with van der Waals surface area (Å²) in [5.74, 6) is -0.201. The molecule has 39 heavy (non-hydrogen) atoms. The first-order valence-corrected chi connectivity index (χ1v) is 16.2. The molecule has 3 heterocycles. The zero-order valence-corrected chi connectivity index (χ0v) is 24.9. The molecule has 4 aliphatic rings. The standard InChI is InChI=1S/C29H47N5O4S/c1-18-8-6-9-19(2)26(18)24-13-25-32-28(31-24)33-39(36,37)23-11-7-10-20(12-23)27(35)34-17-22(38-25)16-30-15-21(34)14-29(3,4)5/h6,8-9,20-25,28,30-33H,7,10-17H2,1-5H3/t20?,21-,22-,23?,24?,25?,28?/m0/s1. The number of ether oxygens (including phenoxy) is 1. The third kappa shape index (κ3) is 6.68.